The Kier molecular flexibility index (Phi) is 1.91. The lowest BCUT2D eigenvalue weighted by molar-refractivity contribution is 0.341. The van der Waals surface area contributed by atoms with Crippen molar-refractivity contribution in [3.63, 3.8) is 0 Å². The summed E-state index contributed by atoms with van der Waals surface area (Å²) in [5.41, 5.74) is 1.38. The second-order valence-corrected chi connectivity index (χ2v) is 4.16. The summed E-state index contributed by atoms with van der Waals surface area (Å²) in [4.78, 5) is 12.0. The first-order valence-electron chi connectivity index (χ1n) is 5.25. The van der Waals surface area contributed by atoms with Gasteiger partial charge < -0.3 is 5.32 Å². The predicted molar refractivity (Wildman–Crippen MR) is 59.0 cm³/mol. The summed E-state index contributed by atoms with van der Waals surface area (Å²) in [6, 6.07) is 4.60. The summed E-state index contributed by atoms with van der Waals surface area (Å²) in [7, 11) is 1.71. The van der Waals surface area contributed by atoms with Crippen molar-refractivity contribution in [2.24, 2.45) is 7.05 Å². The van der Waals surface area contributed by atoms with Crippen molar-refractivity contribution < 1.29 is 4.39 Å². The smallest absolute Gasteiger partial charge is 0.313 e. The van der Waals surface area contributed by atoms with Crippen LogP contribution in [0.2, 0.25) is 0 Å². The Morgan fingerprint density at radius 1 is 1.38 bits per heavy atom. The normalized spacial score (nSPS) is 16.6. The zero-order valence-electron chi connectivity index (χ0n) is 8.90. The van der Waals surface area contributed by atoms with Gasteiger partial charge in [-0.1, -0.05) is 0 Å². The molecule has 0 unspecified atom stereocenters. The van der Waals surface area contributed by atoms with Gasteiger partial charge in [-0.05, 0) is 18.2 Å². The van der Waals surface area contributed by atoms with E-state index in [1.54, 1.807) is 22.2 Å². The SMILES string of the molecule is Cn1c(=O)n(C2CNC2)c2cc(F)ccc21. The molecule has 1 fully saturated rings. The van der Waals surface area contributed by atoms with Crippen LogP contribution in [0.25, 0.3) is 11.0 Å². The highest BCUT2D eigenvalue weighted by Crippen LogP contribution is 2.19. The number of benzene rings is 1. The molecule has 1 saturated heterocycles. The van der Waals surface area contributed by atoms with Crippen LogP contribution < -0.4 is 11.0 Å². The molecule has 0 amide bonds. The molecular weight excluding hydrogens is 209 g/mol. The van der Waals surface area contributed by atoms with Gasteiger partial charge in [-0.3, -0.25) is 9.13 Å². The number of nitrogens with one attached hydrogen (secondary N) is 1. The quantitative estimate of drug-likeness (QED) is 0.767. The topological polar surface area (TPSA) is 39.0 Å². The third-order valence-corrected chi connectivity index (χ3v) is 3.18. The molecule has 0 bridgehead atoms. The number of rotatable bonds is 1. The molecule has 2 heterocycles. The van der Waals surface area contributed by atoms with Gasteiger partial charge in [0.15, 0.2) is 0 Å². The Hall–Kier alpha value is -1.62. The summed E-state index contributed by atoms with van der Waals surface area (Å²) < 4.78 is 16.4. The van der Waals surface area contributed by atoms with E-state index < -0.39 is 0 Å². The molecule has 0 aliphatic carbocycles. The van der Waals surface area contributed by atoms with E-state index >= 15 is 0 Å². The van der Waals surface area contributed by atoms with Crippen LogP contribution in [0.5, 0.6) is 0 Å². The van der Waals surface area contributed by atoms with Gasteiger partial charge >= 0.3 is 5.69 Å². The van der Waals surface area contributed by atoms with Gasteiger partial charge in [0, 0.05) is 20.1 Å². The van der Waals surface area contributed by atoms with E-state index in [4.69, 9.17) is 0 Å². The molecule has 3 rings (SSSR count). The van der Waals surface area contributed by atoms with E-state index in [1.807, 2.05) is 0 Å². The Morgan fingerprint density at radius 2 is 2.12 bits per heavy atom. The van der Waals surface area contributed by atoms with Gasteiger partial charge in [0.1, 0.15) is 5.82 Å². The fraction of sp³-hybridized carbons (Fsp3) is 0.364. The lowest BCUT2D eigenvalue weighted by atomic mass is 10.1. The van der Waals surface area contributed by atoms with Crippen molar-refractivity contribution in [1.82, 2.24) is 14.5 Å². The van der Waals surface area contributed by atoms with Crippen LogP contribution in [-0.2, 0) is 7.05 Å². The molecule has 0 saturated carbocycles. The first kappa shape index (κ1) is 9.59. The van der Waals surface area contributed by atoms with E-state index in [9.17, 15) is 9.18 Å². The van der Waals surface area contributed by atoms with Gasteiger partial charge in [-0.2, -0.15) is 0 Å². The summed E-state index contributed by atoms with van der Waals surface area (Å²) in [5.74, 6) is -0.306. The number of aryl methyl sites for hydroxylation is 1. The summed E-state index contributed by atoms with van der Waals surface area (Å²) >= 11 is 0. The van der Waals surface area contributed by atoms with Crippen molar-refractivity contribution in [1.29, 1.82) is 0 Å². The molecule has 1 aliphatic rings. The molecule has 0 spiro atoms. The van der Waals surface area contributed by atoms with Crippen LogP contribution in [0.1, 0.15) is 6.04 Å². The molecule has 0 radical (unpaired) electrons. The Morgan fingerprint density at radius 3 is 2.75 bits per heavy atom. The zero-order chi connectivity index (χ0) is 11.3. The minimum absolute atomic E-state index is 0.0768. The van der Waals surface area contributed by atoms with Gasteiger partial charge in [0.25, 0.3) is 0 Å². The summed E-state index contributed by atoms with van der Waals surface area (Å²) in [6.45, 7) is 1.55. The molecule has 2 aromatic rings. The number of halogens is 1. The number of hydrogen-bond acceptors (Lipinski definition) is 2. The van der Waals surface area contributed by atoms with Gasteiger partial charge in [0.05, 0.1) is 17.1 Å². The van der Waals surface area contributed by atoms with Gasteiger partial charge in [-0.15, -0.1) is 0 Å². The van der Waals surface area contributed by atoms with Crippen LogP contribution in [-0.4, -0.2) is 22.2 Å². The molecule has 4 nitrogen and oxygen atoms in total. The standard InChI is InChI=1S/C11H12FN3O/c1-14-9-3-2-7(12)4-10(9)15(11(14)16)8-5-13-6-8/h2-4,8,13H,5-6H2,1H3. The average Bonchev–Trinajstić information content (AvgIpc) is 2.41. The second kappa shape index (κ2) is 3.18. The maximum absolute atomic E-state index is 13.2. The zero-order valence-corrected chi connectivity index (χ0v) is 8.90. The van der Waals surface area contributed by atoms with E-state index in [0.29, 0.717) is 5.52 Å². The van der Waals surface area contributed by atoms with Crippen molar-refractivity contribution in [3.05, 3.63) is 34.5 Å². The maximum atomic E-state index is 13.2. The van der Waals surface area contributed by atoms with E-state index in [1.165, 1.54) is 12.1 Å². The number of aromatic nitrogens is 2. The second-order valence-electron chi connectivity index (χ2n) is 4.16. The maximum Gasteiger partial charge on any atom is 0.329 e. The third kappa shape index (κ3) is 1.15. The van der Waals surface area contributed by atoms with Crippen LogP contribution in [0.4, 0.5) is 4.39 Å². The van der Waals surface area contributed by atoms with Crippen molar-refractivity contribution in [2.45, 2.75) is 6.04 Å². The largest absolute Gasteiger partial charge is 0.329 e. The van der Waals surface area contributed by atoms with Crippen LogP contribution >= 0.6 is 0 Å². The third-order valence-electron chi connectivity index (χ3n) is 3.18. The molecule has 1 aliphatic heterocycles. The van der Waals surface area contributed by atoms with Gasteiger partial charge in [-0.25, -0.2) is 9.18 Å². The highest BCUT2D eigenvalue weighted by atomic mass is 19.1. The minimum atomic E-state index is -0.306. The predicted octanol–water partition coefficient (Wildman–Crippen LogP) is 0.623. The Balaban J connectivity index is 2.36. The molecule has 0 atom stereocenters. The molecule has 5 heteroatoms. The number of fused-ring (bicyclic) bond motifs is 1. The first-order valence-corrected chi connectivity index (χ1v) is 5.25. The highest BCUT2D eigenvalue weighted by Gasteiger charge is 2.24. The highest BCUT2D eigenvalue weighted by molar-refractivity contribution is 5.76. The monoisotopic (exact) mass is 221 g/mol. The van der Waals surface area contributed by atoms with E-state index in [0.717, 1.165) is 18.6 Å². The fourth-order valence-corrected chi connectivity index (χ4v) is 2.15. The lowest BCUT2D eigenvalue weighted by Gasteiger charge is -2.28. The van der Waals surface area contributed by atoms with Gasteiger partial charge in [0.2, 0.25) is 0 Å². The van der Waals surface area contributed by atoms with Crippen LogP contribution in [0.3, 0.4) is 0 Å². The minimum Gasteiger partial charge on any atom is -0.313 e. The molecule has 84 valence electrons. The summed E-state index contributed by atoms with van der Waals surface area (Å²) in [6.07, 6.45) is 0. The fourth-order valence-electron chi connectivity index (χ4n) is 2.15. The average molecular weight is 221 g/mol. The molecule has 16 heavy (non-hydrogen) atoms. The Bertz CT molecular complexity index is 609. The summed E-state index contributed by atoms with van der Waals surface area (Å²) in [5, 5.41) is 3.11. The number of nitrogens with zero attached hydrogens (tertiary/aromatic N) is 2. The number of hydrogen-bond donors (Lipinski definition) is 1. The van der Waals surface area contributed by atoms with Crippen molar-refractivity contribution in [3.8, 4) is 0 Å². The number of imidazole rings is 1. The van der Waals surface area contributed by atoms with E-state index in [2.05, 4.69) is 5.32 Å². The molecule has 1 aromatic carbocycles. The first-order chi connectivity index (χ1) is 7.68. The lowest BCUT2D eigenvalue weighted by Crippen LogP contribution is -2.46. The molecule has 1 N–H and O–H groups in total. The van der Waals surface area contributed by atoms with Crippen molar-refractivity contribution in [2.75, 3.05) is 13.1 Å². The Labute approximate surface area is 91.3 Å². The molecular formula is C11H12FN3O. The molecule has 1 aromatic heterocycles. The van der Waals surface area contributed by atoms with Crippen LogP contribution in [0.15, 0.2) is 23.0 Å². The van der Waals surface area contributed by atoms with Crippen LogP contribution in [0, 0.1) is 5.82 Å². The van der Waals surface area contributed by atoms with E-state index in [-0.39, 0.29) is 17.5 Å². The van der Waals surface area contributed by atoms with Crippen molar-refractivity contribution >= 4 is 11.0 Å².